The van der Waals surface area contributed by atoms with Gasteiger partial charge < -0.3 is 39.4 Å². The van der Waals surface area contributed by atoms with Gasteiger partial charge in [-0.3, -0.25) is 5.43 Å². The van der Waals surface area contributed by atoms with Crippen molar-refractivity contribution in [2.45, 2.75) is 32.7 Å². The molecule has 0 saturated carbocycles. The minimum Gasteiger partial charge on any atom is -0.493 e. The van der Waals surface area contributed by atoms with Gasteiger partial charge in [-0.1, -0.05) is 35.9 Å². The number of carbonyl (C=O) groups is 2. The van der Waals surface area contributed by atoms with E-state index in [1.807, 2.05) is 25.1 Å². The Morgan fingerprint density at radius 2 is 1.87 bits per heavy atom. The molecule has 0 saturated heterocycles. The number of amides is 2. The van der Waals surface area contributed by atoms with E-state index in [0.717, 1.165) is 5.56 Å². The molecular formula is C32H35ClN4O8. The minimum atomic E-state index is -1.18. The lowest BCUT2D eigenvalue weighted by atomic mass is 9.95. The van der Waals surface area contributed by atoms with Crippen molar-refractivity contribution < 1.29 is 38.4 Å². The standard InChI is InChI=1S/C32H35ClN4O8/c1-5-43-26-15-21(29-28(31(39)42-4)19(2)35-32(40)36-29)12-13-24(26)44-18-27(38)37-34-16-22-9-7-11-25(41-3)30(22)45-17-20-8-6-10-23(33)14-20/h6-16,27,29,37-38H,5,17-18H2,1-4H3,(H2,35,36,40)/b34-16+/t27-,29+/m1/s1. The molecule has 1 aliphatic rings. The lowest BCUT2D eigenvalue weighted by Crippen LogP contribution is -2.45. The molecule has 0 spiro atoms. The Hall–Kier alpha value is -4.94. The molecule has 13 heteroatoms. The summed E-state index contributed by atoms with van der Waals surface area (Å²) in [7, 11) is 2.82. The van der Waals surface area contributed by atoms with Crippen LogP contribution in [-0.4, -0.2) is 57.0 Å². The molecule has 0 aromatic heterocycles. The third kappa shape index (κ3) is 8.58. The molecule has 4 N–H and O–H groups in total. The van der Waals surface area contributed by atoms with E-state index >= 15 is 0 Å². The van der Waals surface area contributed by atoms with Crippen LogP contribution < -0.4 is 35.0 Å². The number of para-hydroxylation sites is 1. The van der Waals surface area contributed by atoms with E-state index in [1.165, 1.54) is 13.3 Å². The Morgan fingerprint density at radius 1 is 1.07 bits per heavy atom. The fourth-order valence-electron chi connectivity index (χ4n) is 4.55. The van der Waals surface area contributed by atoms with Crippen LogP contribution in [0.4, 0.5) is 4.79 Å². The van der Waals surface area contributed by atoms with Gasteiger partial charge in [0.1, 0.15) is 13.2 Å². The second kappa shape index (κ2) is 15.7. The number of nitrogens with one attached hydrogen (secondary N) is 3. The third-order valence-electron chi connectivity index (χ3n) is 6.60. The summed E-state index contributed by atoms with van der Waals surface area (Å²) >= 11 is 6.09. The smallest absolute Gasteiger partial charge is 0.337 e. The molecule has 2 atom stereocenters. The van der Waals surface area contributed by atoms with Crippen molar-refractivity contribution in [1.29, 1.82) is 0 Å². The van der Waals surface area contributed by atoms with Crippen LogP contribution in [0, 0.1) is 0 Å². The second-order valence-corrected chi connectivity index (χ2v) is 10.1. The minimum absolute atomic E-state index is 0.177. The number of methoxy groups -OCH3 is 2. The quantitative estimate of drug-likeness (QED) is 0.0870. The number of esters is 1. The summed E-state index contributed by atoms with van der Waals surface area (Å²) in [5, 5.41) is 20.6. The van der Waals surface area contributed by atoms with Gasteiger partial charge in [0, 0.05) is 16.3 Å². The number of urea groups is 1. The number of benzene rings is 3. The monoisotopic (exact) mass is 638 g/mol. The zero-order chi connectivity index (χ0) is 32.3. The van der Waals surface area contributed by atoms with Crippen molar-refractivity contribution in [1.82, 2.24) is 16.1 Å². The summed E-state index contributed by atoms with van der Waals surface area (Å²) in [4.78, 5) is 24.6. The van der Waals surface area contributed by atoms with Crippen LogP contribution in [-0.2, 0) is 16.1 Å². The van der Waals surface area contributed by atoms with Crippen LogP contribution in [0.25, 0.3) is 0 Å². The molecule has 4 rings (SSSR count). The zero-order valence-electron chi connectivity index (χ0n) is 25.3. The number of halogens is 1. The van der Waals surface area contributed by atoms with E-state index in [4.69, 9.17) is 35.3 Å². The topological polar surface area (TPSA) is 149 Å². The van der Waals surface area contributed by atoms with Crippen molar-refractivity contribution in [2.75, 3.05) is 27.4 Å². The van der Waals surface area contributed by atoms with Crippen molar-refractivity contribution in [3.05, 3.63) is 93.6 Å². The lowest BCUT2D eigenvalue weighted by Gasteiger charge is -2.28. The van der Waals surface area contributed by atoms with Crippen LogP contribution in [0.1, 0.15) is 36.6 Å². The molecule has 238 valence electrons. The highest BCUT2D eigenvalue weighted by atomic mass is 35.5. The van der Waals surface area contributed by atoms with Crippen LogP contribution in [0.15, 0.2) is 77.0 Å². The van der Waals surface area contributed by atoms with E-state index in [9.17, 15) is 14.7 Å². The molecule has 0 unspecified atom stereocenters. The molecule has 0 fully saturated rings. The molecular weight excluding hydrogens is 604 g/mol. The number of hydrogen-bond acceptors (Lipinski definition) is 10. The molecule has 0 radical (unpaired) electrons. The summed E-state index contributed by atoms with van der Waals surface area (Å²) in [5.74, 6) is 1.12. The van der Waals surface area contributed by atoms with Crippen LogP contribution in [0.5, 0.6) is 23.0 Å². The lowest BCUT2D eigenvalue weighted by molar-refractivity contribution is -0.136. The number of ether oxygens (including phenoxy) is 5. The van der Waals surface area contributed by atoms with Gasteiger partial charge in [0.05, 0.1) is 38.7 Å². The summed E-state index contributed by atoms with van der Waals surface area (Å²) in [6, 6.07) is 16.5. The average molecular weight is 639 g/mol. The average Bonchev–Trinajstić information content (AvgIpc) is 3.02. The molecule has 12 nitrogen and oxygen atoms in total. The molecule has 1 aliphatic heterocycles. The van der Waals surface area contributed by atoms with Crippen molar-refractivity contribution in [3.63, 3.8) is 0 Å². The summed E-state index contributed by atoms with van der Waals surface area (Å²) in [5.41, 5.74) is 5.36. The summed E-state index contributed by atoms with van der Waals surface area (Å²) < 4.78 is 28.0. The van der Waals surface area contributed by atoms with Crippen molar-refractivity contribution >= 4 is 29.8 Å². The van der Waals surface area contributed by atoms with E-state index < -0.39 is 24.3 Å². The highest BCUT2D eigenvalue weighted by Gasteiger charge is 2.32. The number of aliphatic hydroxyl groups excluding tert-OH is 1. The first-order valence-corrected chi connectivity index (χ1v) is 14.4. The Bertz CT molecular complexity index is 1580. The van der Waals surface area contributed by atoms with Crippen LogP contribution in [0.2, 0.25) is 5.02 Å². The SMILES string of the molecule is CCOc1cc([C@@H]2NC(=O)NC(C)=C2C(=O)OC)ccc1OC[C@@H](O)N/N=C/c1cccc(OC)c1OCc1cccc(Cl)c1. The fraction of sp³-hybridized carbons (Fsp3) is 0.281. The van der Waals surface area contributed by atoms with Gasteiger partial charge in [-0.25, -0.2) is 9.59 Å². The number of carbonyl (C=O) groups excluding carboxylic acids is 2. The maximum Gasteiger partial charge on any atom is 0.337 e. The third-order valence-corrected chi connectivity index (χ3v) is 6.84. The molecule has 45 heavy (non-hydrogen) atoms. The second-order valence-electron chi connectivity index (χ2n) is 9.71. The molecule has 1 heterocycles. The number of aliphatic hydroxyl groups is 1. The van der Waals surface area contributed by atoms with Crippen LogP contribution >= 0.6 is 11.6 Å². The molecule has 3 aromatic rings. The summed E-state index contributed by atoms with van der Waals surface area (Å²) in [6.07, 6.45) is 0.318. The normalized spacial score (nSPS) is 15.2. The van der Waals surface area contributed by atoms with Gasteiger partial charge in [0.2, 0.25) is 0 Å². The highest BCUT2D eigenvalue weighted by molar-refractivity contribution is 6.30. The Balaban J connectivity index is 1.42. The molecule has 0 bridgehead atoms. The van der Waals surface area contributed by atoms with E-state index in [0.29, 0.717) is 51.5 Å². The van der Waals surface area contributed by atoms with Crippen LogP contribution in [0.3, 0.4) is 0 Å². The number of hydrogen-bond donors (Lipinski definition) is 4. The number of nitrogens with zero attached hydrogens (tertiary/aromatic N) is 1. The number of allylic oxidation sites excluding steroid dienone is 1. The first-order chi connectivity index (χ1) is 21.7. The first-order valence-electron chi connectivity index (χ1n) is 14.0. The largest absolute Gasteiger partial charge is 0.493 e. The summed E-state index contributed by atoms with van der Waals surface area (Å²) in [6.45, 7) is 3.84. The Morgan fingerprint density at radius 3 is 2.60 bits per heavy atom. The van der Waals surface area contributed by atoms with Gasteiger partial charge in [0.15, 0.2) is 29.2 Å². The van der Waals surface area contributed by atoms with Crippen molar-refractivity contribution in [2.24, 2.45) is 5.10 Å². The van der Waals surface area contributed by atoms with E-state index in [1.54, 1.807) is 56.5 Å². The maximum absolute atomic E-state index is 12.5. The number of rotatable bonds is 14. The molecule has 2 amide bonds. The van der Waals surface area contributed by atoms with Gasteiger partial charge in [-0.15, -0.1) is 0 Å². The maximum atomic E-state index is 12.5. The predicted molar refractivity (Wildman–Crippen MR) is 168 cm³/mol. The first kappa shape index (κ1) is 33.0. The molecule has 3 aromatic carbocycles. The van der Waals surface area contributed by atoms with Gasteiger partial charge in [-0.05, 0) is 61.4 Å². The Labute approximate surface area is 265 Å². The van der Waals surface area contributed by atoms with E-state index in [-0.39, 0.29) is 18.8 Å². The van der Waals surface area contributed by atoms with Gasteiger partial charge in [0.25, 0.3) is 0 Å². The van der Waals surface area contributed by atoms with Gasteiger partial charge in [-0.2, -0.15) is 5.10 Å². The molecule has 0 aliphatic carbocycles. The van der Waals surface area contributed by atoms with Gasteiger partial charge >= 0.3 is 12.0 Å². The van der Waals surface area contributed by atoms with E-state index in [2.05, 4.69) is 21.2 Å². The Kier molecular flexibility index (Phi) is 11.5. The fourth-order valence-corrected chi connectivity index (χ4v) is 4.76. The van der Waals surface area contributed by atoms with Crippen molar-refractivity contribution in [3.8, 4) is 23.0 Å². The predicted octanol–water partition coefficient (Wildman–Crippen LogP) is 4.45. The highest BCUT2D eigenvalue weighted by Crippen LogP contribution is 2.35. The number of hydrazone groups is 1. The zero-order valence-corrected chi connectivity index (χ0v) is 26.0.